The van der Waals surface area contributed by atoms with Crippen molar-refractivity contribution in [3.05, 3.63) is 36.5 Å². The zero-order chi connectivity index (χ0) is 16.6. The fourth-order valence-electron chi connectivity index (χ4n) is 2.91. The Labute approximate surface area is 143 Å². The third-order valence-corrected chi connectivity index (χ3v) is 4.32. The van der Waals surface area contributed by atoms with E-state index in [-0.39, 0.29) is 0 Å². The summed E-state index contributed by atoms with van der Waals surface area (Å²) in [5, 5.41) is 11.7. The molecule has 24 heavy (non-hydrogen) atoms. The number of para-hydroxylation sites is 1. The fraction of sp³-hybridized carbons (Fsp3) is 0.500. The molecule has 0 spiro atoms. The molecule has 2 heterocycles. The van der Waals surface area contributed by atoms with Gasteiger partial charge in [-0.3, -0.25) is 0 Å². The minimum Gasteiger partial charge on any atom is -0.369 e. The largest absolute Gasteiger partial charge is 0.369 e. The van der Waals surface area contributed by atoms with Crippen molar-refractivity contribution in [3.8, 4) is 0 Å². The third kappa shape index (κ3) is 4.34. The molecule has 1 aliphatic heterocycles. The van der Waals surface area contributed by atoms with Crippen LogP contribution in [0, 0.1) is 0 Å². The highest BCUT2D eigenvalue weighted by Gasteiger charge is 2.19. The first-order valence-electron chi connectivity index (χ1n) is 8.85. The third-order valence-electron chi connectivity index (χ3n) is 4.32. The smallest absolute Gasteiger partial charge is 0.247 e. The summed E-state index contributed by atoms with van der Waals surface area (Å²) in [6, 6.07) is 10.5. The number of aromatic nitrogens is 3. The Hall–Kier alpha value is -2.37. The number of unbranched alkanes of at least 4 members (excludes halogenated alkanes) is 2. The average Bonchev–Trinajstić information content (AvgIpc) is 2.66. The highest BCUT2D eigenvalue weighted by molar-refractivity contribution is 5.48. The van der Waals surface area contributed by atoms with Crippen molar-refractivity contribution in [1.29, 1.82) is 0 Å². The monoisotopic (exact) mass is 326 g/mol. The first-order chi connectivity index (χ1) is 11.9. The minimum absolute atomic E-state index is 0.725. The highest BCUT2D eigenvalue weighted by atomic mass is 15.4. The van der Waals surface area contributed by atoms with Crippen molar-refractivity contribution in [3.63, 3.8) is 0 Å². The molecule has 0 amide bonds. The van der Waals surface area contributed by atoms with Crippen molar-refractivity contribution in [1.82, 2.24) is 15.2 Å². The summed E-state index contributed by atoms with van der Waals surface area (Å²) in [6.45, 7) is 6.92. The second-order valence-corrected chi connectivity index (χ2v) is 6.09. The van der Waals surface area contributed by atoms with E-state index in [1.807, 2.05) is 0 Å². The Morgan fingerprint density at radius 1 is 1.00 bits per heavy atom. The normalized spacial score (nSPS) is 14.7. The maximum absolute atomic E-state index is 4.61. The van der Waals surface area contributed by atoms with E-state index >= 15 is 0 Å². The lowest BCUT2D eigenvalue weighted by Gasteiger charge is -2.35. The zero-order valence-corrected chi connectivity index (χ0v) is 14.4. The molecule has 3 rings (SSSR count). The summed E-state index contributed by atoms with van der Waals surface area (Å²) in [4.78, 5) is 9.23. The number of anilines is 3. The van der Waals surface area contributed by atoms with Crippen LogP contribution in [0.25, 0.3) is 0 Å². The Morgan fingerprint density at radius 3 is 2.50 bits per heavy atom. The molecule has 0 radical (unpaired) electrons. The number of piperazine rings is 1. The van der Waals surface area contributed by atoms with E-state index in [1.54, 1.807) is 6.20 Å². The number of hydrogen-bond acceptors (Lipinski definition) is 6. The maximum Gasteiger partial charge on any atom is 0.247 e. The van der Waals surface area contributed by atoms with Crippen LogP contribution in [0.2, 0.25) is 0 Å². The first kappa shape index (κ1) is 16.5. The van der Waals surface area contributed by atoms with Crippen LogP contribution in [0.3, 0.4) is 0 Å². The molecular formula is C18H26N6. The number of nitrogens with zero attached hydrogens (tertiary/aromatic N) is 5. The summed E-state index contributed by atoms with van der Waals surface area (Å²) >= 11 is 0. The minimum atomic E-state index is 0.725. The van der Waals surface area contributed by atoms with Crippen LogP contribution in [0.4, 0.5) is 17.5 Å². The number of nitrogens with one attached hydrogen (secondary N) is 1. The van der Waals surface area contributed by atoms with Gasteiger partial charge in [-0.1, -0.05) is 38.0 Å². The van der Waals surface area contributed by atoms with Gasteiger partial charge >= 0.3 is 0 Å². The first-order valence-corrected chi connectivity index (χ1v) is 8.85. The lowest BCUT2D eigenvalue weighted by Crippen LogP contribution is -2.47. The van der Waals surface area contributed by atoms with Crippen LogP contribution in [0.1, 0.15) is 26.2 Å². The van der Waals surface area contributed by atoms with E-state index in [9.17, 15) is 0 Å². The summed E-state index contributed by atoms with van der Waals surface area (Å²) in [7, 11) is 0. The molecule has 128 valence electrons. The van der Waals surface area contributed by atoms with Gasteiger partial charge in [-0.25, -0.2) is 0 Å². The van der Waals surface area contributed by atoms with E-state index in [1.165, 1.54) is 18.5 Å². The molecule has 0 aliphatic carbocycles. The molecule has 2 aromatic rings. The number of rotatable bonds is 7. The molecule has 1 fully saturated rings. The SMILES string of the molecule is CCCCCNc1cnnc(N2CCN(c3ccccc3)CC2)n1. The molecule has 6 heteroatoms. The molecule has 6 nitrogen and oxygen atoms in total. The van der Waals surface area contributed by atoms with Gasteiger partial charge in [0.25, 0.3) is 0 Å². The molecule has 0 bridgehead atoms. The predicted octanol–water partition coefficient (Wildman–Crippen LogP) is 2.80. The van der Waals surface area contributed by atoms with Crippen molar-refractivity contribution in [2.75, 3.05) is 47.8 Å². The lowest BCUT2D eigenvalue weighted by molar-refractivity contribution is 0.635. The standard InChI is InChI=1S/C18H26N6/c1-2-3-7-10-19-17-15-20-22-18(21-17)24-13-11-23(12-14-24)16-8-5-4-6-9-16/h4-6,8-9,15H,2-3,7,10-14H2,1H3,(H,19,21,22). The van der Waals surface area contributed by atoms with Crippen molar-refractivity contribution in [2.45, 2.75) is 26.2 Å². The maximum atomic E-state index is 4.61. The van der Waals surface area contributed by atoms with Crippen LogP contribution in [-0.4, -0.2) is 47.9 Å². The van der Waals surface area contributed by atoms with Gasteiger partial charge in [0.15, 0.2) is 5.82 Å². The highest BCUT2D eigenvalue weighted by Crippen LogP contribution is 2.18. The second kappa shape index (κ2) is 8.47. The van der Waals surface area contributed by atoms with E-state index in [0.29, 0.717) is 0 Å². The van der Waals surface area contributed by atoms with Crippen molar-refractivity contribution >= 4 is 17.5 Å². The Kier molecular flexibility index (Phi) is 5.82. The van der Waals surface area contributed by atoms with Gasteiger partial charge in [0.2, 0.25) is 5.95 Å². The molecule has 0 unspecified atom stereocenters. The van der Waals surface area contributed by atoms with Gasteiger partial charge in [-0.15, -0.1) is 5.10 Å². The molecular weight excluding hydrogens is 300 g/mol. The Balaban J connectivity index is 1.54. The van der Waals surface area contributed by atoms with E-state index < -0.39 is 0 Å². The molecule has 0 saturated carbocycles. The molecule has 1 N–H and O–H groups in total. The second-order valence-electron chi connectivity index (χ2n) is 6.09. The van der Waals surface area contributed by atoms with Crippen LogP contribution in [0.15, 0.2) is 36.5 Å². The van der Waals surface area contributed by atoms with Crippen LogP contribution in [0.5, 0.6) is 0 Å². The van der Waals surface area contributed by atoms with Gasteiger partial charge in [0, 0.05) is 38.4 Å². The van der Waals surface area contributed by atoms with Crippen LogP contribution < -0.4 is 15.1 Å². The predicted molar refractivity (Wildman–Crippen MR) is 98.7 cm³/mol. The number of hydrogen-bond donors (Lipinski definition) is 1. The molecule has 1 saturated heterocycles. The average molecular weight is 326 g/mol. The summed E-state index contributed by atoms with van der Waals surface area (Å²) in [5.41, 5.74) is 1.28. The molecule has 1 aromatic heterocycles. The summed E-state index contributed by atoms with van der Waals surface area (Å²) in [5.74, 6) is 1.55. The lowest BCUT2D eigenvalue weighted by atomic mass is 10.2. The van der Waals surface area contributed by atoms with Gasteiger partial charge in [0.05, 0.1) is 6.20 Å². The van der Waals surface area contributed by atoms with Gasteiger partial charge in [-0.2, -0.15) is 10.1 Å². The summed E-state index contributed by atoms with van der Waals surface area (Å²) in [6.07, 6.45) is 5.32. The molecule has 1 aliphatic rings. The Bertz CT molecular complexity index is 610. The number of benzene rings is 1. The van der Waals surface area contributed by atoms with Crippen LogP contribution >= 0.6 is 0 Å². The van der Waals surface area contributed by atoms with E-state index in [4.69, 9.17) is 0 Å². The van der Waals surface area contributed by atoms with Gasteiger partial charge < -0.3 is 15.1 Å². The van der Waals surface area contributed by atoms with Crippen LogP contribution in [-0.2, 0) is 0 Å². The van der Waals surface area contributed by atoms with Gasteiger partial charge in [0.1, 0.15) is 0 Å². The summed E-state index contributed by atoms with van der Waals surface area (Å²) < 4.78 is 0. The zero-order valence-electron chi connectivity index (χ0n) is 14.4. The van der Waals surface area contributed by atoms with Crippen molar-refractivity contribution < 1.29 is 0 Å². The molecule has 0 atom stereocenters. The molecule has 1 aromatic carbocycles. The van der Waals surface area contributed by atoms with Crippen molar-refractivity contribution in [2.24, 2.45) is 0 Å². The Morgan fingerprint density at radius 2 is 1.75 bits per heavy atom. The van der Waals surface area contributed by atoms with E-state index in [2.05, 4.69) is 67.6 Å². The quantitative estimate of drug-likeness (QED) is 0.790. The van der Waals surface area contributed by atoms with E-state index in [0.717, 1.165) is 50.9 Å². The fourth-order valence-corrected chi connectivity index (χ4v) is 2.91. The topological polar surface area (TPSA) is 57.2 Å². The van der Waals surface area contributed by atoms with Gasteiger partial charge in [-0.05, 0) is 18.6 Å².